The molecule has 4 heteroatoms. The molecule has 2 nitrogen and oxygen atoms in total. The molecule has 0 aromatic rings. The highest BCUT2D eigenvalue weighted by atomic mass is 35.5. The minimum Gasteiger partial charge on any atom is -0.316 e. The van der Waals surface area contributed by atoms with Gasteiger partial charge in [-0.15, -0.1) is 24.8 Å². The van der Waals surface area contributed by atoms with E-state index >= 15 is 0 Å². The molecular weight excluding hydrogens is 159 g/mol. The minimum atomic E-state index is 0. The van der Waals surface area contributed by atoms with Gasteiger partial charge in [0.25, 0.3) is 0 Å². The number of halogens is 2. The molecule has 0 fully saturated rings. The van der Waals surface area contributed by atoms with Crippen LogP contribution in [0, 0.1) is 0 Å². The van der Waals surface area contributed by atoms with Crippen molar-refractivity contribution in [3.8, 4) is 0 Å². The van der Waals surface area contributed by atoms with Crippen molar-refractivity contribution in [1.29, 1.82) is 0 Å². The Morgan fingerprint density at radius 1 is 1.11 bits per heavy atom. The Kier molecular flexibility index (Phi) is 15.3. The van der Waals surface area contributed by atoms with Crippen molar-refractivity contribution in [3.63, 3.8) is 0 Å². The van der Waals surface area contributed by atoms with Gasteiger partial charge < -0.3 is 11.1 Å². The highest BCUT2D eigenvalue weighted by Gasteiger charge is 1.92. The van der Waals surface area contributed by atoms with Crippen LogP contribution in [0.1, 0.15) is 20.8 Å². The van der Waals surface area contributed by atoms with Gasteiger partial charge in [0.05, 0.1) is 6.17 Å². The Hall–Kier alpha value is 0.500. The summed E-state index contributed by atoms with van der Waals surface area (Å²) in [5, 5.41) is 3.08. The molecule has 1 atom stereocenters. The molecule has 3 N–H and O–H groups in total. The molecule has 0 aliphatic heterocycles. The summed E-state index contributed by atoms with van der Waals surface area (Å²) < 4.78 is 0. The lowest BCUT2D eigenvalue weighted by molar-refractivity contribution is 0.502. The first-order valence-corrected chi connectivity index (χ1v) is 2.64. The maximum absolute atomic E-state index is 5.38. The van der Waals surface area contributed by atoms with Crippen molar-refractivity contribution in [2.45, 2.75) is 33.0 Å². The maximum Gasteiger partial charge on any atom is 0.0519 e. The van der Waals surface area contributed by atoms with Gasteiger partial charge in [-0.1, -0.05) is 0 Å². The molecule has 0 aliphatic carbocycles. The van der Waals surface area contributed by atoms with Crippen LogP contribution in [-0.2, 0) is 0 Å². The summed E-state index contributed by atoms with van der Waals surface area (Å²) in [6, 6.07) is 0.500. The molecule has 9 heavy (non-hydrogen) atoms. The van der Waals surface area contributed by atoms with Crippen molar-refractivity contribution in [1.82, 2.24) is 5.32 Å². The molecule has 0 aromatic heterocycles. The second-order valence-electron chi connectivity index (χ2n) is 2.11. The fourth-order valence-corrected chi connectivity index (χ4v) is 0.526. The summed E-state index contributed by atoms with van der Waals surface area (Å²) in [6.45, 7) is 6.08. The fraction of sp³-hybridized carbons (Fsp3) is 1.00. The van der Waals surface area contributed by atoms with Crippen LogP contribution >= 0.6 is 24.8 Å². The highest BCUT2D eigenvalue weighted by Crippen LogP contribution is 1.75. The number of hydrogen-bond donors (Lipinski definition) is 2. The van der Waals surface area contributed by atoms with Crippen LogP contribution in [-0.4, -0.2) is 12.2 Å². The predicted molar refractivity (Wildman–Crippen MR) is 46.4 cm³/mol. The van der Waals surface area contributed by atoms with Gasteiger partial charge in [0, 0.05) is 6.04 Å². The van der Waals surface area contributed by atoms with E-state index in [9.17, 15) is 0 Å². The summed E-state index contributed by atoms with van der Waals surface area (Å²) in [6.07, 6.45) is 0.125. The zero-order valence-corrected chi connectivity index (χ0v) is 7.68. The Morgan fingerprint density at radius 2 is 1.44 bits per heavy atom. The molecule has 0 saturated carbocycles. The van der Waals surface area contributed by atoms with E-state index in [1.807, 2.05) is 6.92 Å². The van der Waals surface area contributed by atoms with Crippen molar-refractivity contribution in [2.75, 3.05) is 0 Å². The highest BCUT2D eigenvalue weighted by molar-refractivity contribution is 5.85. The zero-order valence-electron chi connectivity index (χ0n) is 6.05. The molecule has 0 bridgehead atoms. The van der Waals surface area contributed by atoms with Crippen LogP contribution in [0.3, 0.4) is 0 Å². The number of rotatable bonds is 2. The van der Waals surface area contributed by atoms with E-state index in [0.717, 1.165) is 0 Å². The lowest BCUT2D eigenvalue weighted by Gasteiger charge is -2.10. The van der Waals surface area contributed by atoms with E-state index in [1.165, 1.54) is 0 Å². The van der Waals surface area contributed by atoms with Crippen molar-refractivity contribution >= 4 is 24.8 Å². The second kappa shape index (κ2) is 8.50. The van der Waals surface area contributed by atoms with Crippen LogP contribution in [0.2, 0.25) is 0 Å². The first-order valence-electron chi connectivity index (χ1n) is 2.64. The van der Waals surface area contributed by atoms with Gasteiger partial charge in [-0.05, 0) is 20.8 Å². The first kappa shape index (κ1) is 16.2. The summed E-state index contributed by atoms with van der Waals surface area (Å²) in [7, 11) is 0. The topological polar surface area (TPSA) is 38.0 Å². The van der Waals surface area contributed by atoms with Crippen LogP contribution in [0.15, 0.2) is 0 Å². The lowest BCUT2D eigenvalue weighted by Crippen LogP contribution is -2.38. The molecule has 60 valence electrons. The molecule has 0 rings (SSSR count). The molecule has 0 spiro atoms. The third-order valence-corrected chi connectivity index (χ3v) is 0.596. The van der Waals surface area contributed by atoms with E-state index < -0.39 is 0 Å². The third-order valence-electron chi connectivity index (χ3n) is 0.596. The maximum atomic E-state index is 5.38. The van der Waals surface area contributed by atoms with E-state index in [1.54, 1.807) is 0 Å². The van der Waals surface area contributed by atoms with Crippen LogP contribution in [0.4, 0.5) is 0 Å². The molecule has 0 radical (unpaired) electrons. The lowest BCUT2D eigenvalue weighted by atomic mass is 10.4. The fourth-order valence-electron chi connectivity index (χ4n) is 0.526. The molecule has 0 aromatic carbocycles. The molecule has 0 aliphatic rings. The van der Waals surface area contributed by atoms with E-state index in [0.29, 0.717) is 6.04 Å². The van der Waals surface area contributed by atoms with Gasteiger partial charge in [-0.3, -0.25) is 0 Å². The van der Waals surface area contributed by atoms with Crippen molar-refractivity contribution in [3.05, 3.63) is 0 Å². The van der Waals surface area contributed by atoms with Gasteiger partial charge in [0.15, 0.2) is 0 Å². The first-order chi connectivity index (χ1) is 3.13. The van der Waals surface area contributed by atoms with Crippen molar-refractivity contribution < 1.29 is 0 Å². The van der Waals surface area contributed by atoms with Crippen LogP contribution < -0.4 is 11.1 Å². The number of nitrogens with one attached hydrogen (secondary N) is 1. The van der Waals surface area contributed by atoms with Gasteiger partial charge in [-0.25, -0.2) is 0 Å². The SMILES string of the molecule is CC(C)NC(C)N.Cl.Cl. The molecular formula is C5H16Cl2N2. The monoisotopic (exact) mass is 174 g/mol. The van der Waals surface area contributed by atoms with E-state index in [2.05, 4.69) is 19.2 Å². The Labute approximate surface area is 69.4 Å². The van der Waals surface area contributed by atoms with Crippen molar-refractivity contribution in [2.24, 2.45) is 5.73 Å². The number of nitrogens with two attached hydrogens (primary N) is 1. The Balaban J connectivity index is -0.000000180. The third kappa shape index (κ3) is 17.7. The molecule has 0 amide bonds. The minimum absolute atomic E-state index is 0. The summed E-state index contributed by atoms with van der Waals surface area (Å²) >= 11 is 0. The summed E-state index contributed by atoms with van der Waals surface area (Å²) in [5.74, 6) is 0. The summed E-state index contributed by atoms with van der Waals surface area (Å²) in [5.41, 5.74) is 5.38. The van der Waals surface area contributed by atoms with E-state index in [-0.39, 0.29) is 31.0 Å². The molecule has 0 heterocycles. The standard InChI is InChI=1S/C5H14N2.2ClH/c1-4(2)7-5(3)6;;/h4-5,7H,6H2,1-3H3;2*1H. The smallest absolute Gasteiger partial charge is 0.0519 e. The van der Waals surface area contributed by atoms with Gasteiger partial charge in [0.1, 0.15) is 0 Å². The molecule has 1 unspecified atom stereocenters. The molecule has 0 saturated heterocycles. The number of hydrogen-bond acceptors (Lipinski definition) is 2. The van der Waals surface area contributed by atoms with Crippen LogP contribution in [0.5, 0.6) is 0 Å². The quantitative estimate of drug-likeness (QED) is 0.617. The predicted octanol–water partition coefficient (Wildman–Crippen LogP) is 1.13. The largest absolute Gasteiger partial charge is 0.316 e. The Morgan fingerprint density at radius 3 is 1.44 bits per heavy atom. The zero-order chi connectivity index (χ0) is 5.86. The second-order valence-corrected chi connectivity index (χ2v) is 2.11. The van der Waals surface area contributed by atoms with Crippen LogP contribution in [0.25, 0.3) is 0 Å². The average molecular weight is 175 g/mol. The Bertz CT molecular complexity index is 42.2. The van der Waals surface area contributed by atoms with Gasteiger partial charge in [-0.2, -0.15) is 0 Å². The average Bonchev–Trinajstić information content (AvgIpc) is 1.27. The van der Waals surface area contributed by atoms with E-state index in [4.69, 9.17) is 5.73 Å². The summed E-state index contributed by atoms with van der Waals surface area (Å²) in [4.78, 5) is 0. The normalized spacial score (nSPS) is 11.7. The van der Waals surface area contributed by atoms with Gasteiger partial charge in [0.2, 0.25) is 0 Å². The van der Waals surface area contributed by atoms with Gasteiger partial charge >= 0.3 is 0 Å².